The minimum absolute atomic E-state index is 0.179. The van der Waals surface area contributed by atoms with E-state index in [4.69, 9.17) is 9.90 Å². The molecule has 0 saturated carbocycles. The lowest BCUT2D eigenvalue weighted by Gasteiger charge is -2.27. The molecule has 8 nitrogen and oxygen atoms in total. The van der Waals surface area contributed by atoms with E-state index >= 15 is 0 Å². The number of benzene rings is 1. The zero-order valence-electron chi connectivity index (χ0n) is 15.3. The standard InChI is InChI=1S/C16H15N5OS.C2HF3O2/c22-15(19-14-6-7-21(20-14)12-8-17-9-12)13-10-18-16(23-13)11-4-2-1-3-5-11;3-2(4,5)1(6)7/h1-7,10,12,17H,8-9H2,(H,19,20,22);(H,6,7). The number of thiazole rings is 1. The Morgan fingerprint density at radius 3 is 2.43 bits per heavy atom. The van der Waals surface area contributed by atoms with Crippen molar-refractivity contribution in [1.29, 1.82) is 0 Å². The fourth-order valence-electron chi connectivity index (χ4n) is 2.34. The summed E-state index contributed by atoms with van der Waals surface area (Å²) < 4.78 is 33.6. The first kappa shape index (κ1) is 21.5. The molecular formula is C18H16F3N5O3S. The number of alkyl halides is 3. The number of hydrogen-bond donors (Lipinski definition) is 3. The molecule has 1 saturated heterocycles. The summed E-state index contributed by atoms with van der Waals surface area (Å²) in [4.78, 5) is 26.1. The number of rotatable bonds is 4. The normalized spacial score (nSPS) is 13.7. The molecule has 158 valence electrons. The van der Waals surface area contributed by atoms with Gasteiger partial charge in [-0.1, -0.05) is 30.3 Å². The maximum absolute atomic E-state index is 12.3. The van der Waals surface area contributed by atoms with Crippen LogP contribution in [-0.2, 0) is 4.79 Å². The smallest absolute Gasteiger partial charge is 0.475 e. The predicted octanol–water partition coefficient (Wildman–Crippen LogP) is 3.04. The minimum atomic E-state index is -5.08. The zero-order valence-corrected chi connectivity index (χ0v) is 16.1. The lowest BCUT2D eigenvalue weighted by Crippen LogP contribution is -2.43. The first-order chi connectivity index (χ1) is 14.2. The number of aliphatic carboxylic acids is 1. The Balaban J connectivity index is 0.000000318. The average Bonchev–Trinajstić information content (AvgIpc) is 3.31. The number of nitrogens with zero attached hydrogens (tertiary/aromatic N) is 3. The fourth-order valence-corrected chi connectivity index (χ4v) is 3.16. The van der Waals surface area contributed by atoms with E-state index in [1.54, 1.807) is 6.20 Å². The quantitative estimate of drug-likeness (QED) is 0.577. The predicted molar refractivity (Wildman–Crippen MR) is 103 cm³/mol. The highest BCUT2D eigenvalue weighted by Gasteiger charge is 2.38. The van der Waals surface area contributed by atoms with Crippen LogP contribution in [0.25, 0.3) is 10.6 Å². The Labute approximate surface area is 172 Å². The molecule has 1 aliphatic heterocycles. The first-order valence-corrected chi connectivity index (χ1v) is 9.44. The summed E-state index contributed by atoms with van der Waals surface area (Å²) >= 11 is 1.37. The Morgan fingerprint density at radius 1 is 1.20 bits per heavy atom. The van der Waals surface area contributed by atoms with Gasteiger partial charge >= 0.3 is 12.1 Å². The first-order valence-electron chi connectivity index (χ1n) is 8.62. The number of carboxylic acids is 1. The van der Waals surface area contributed by atoms with E-state index < -0.39 is 12.1 Å². The molecule has 1 aromatic carbocycles. The third kappa shape index (κ3) is 5.42. The molecular weight excluding hydrogens is 423 g/mol. The number of carboxylic acid groups (broad SMARTS) is 1. The summed E-state index contributed by atoms with van der Waals surface area (Å²) in [7, 11) is 0. The molecule has 0 spiro atoms. The van der Waals surface area contributed by atoms with E-state index in [0.717, 1.165) is 23.7 Å². The van der Waals surface area contributed by atoms with Gasteiger partial charge in [-0.3, -0.25) is 9.48 Å². The van der Waals surface area contributed by atoms with Gasteiger partial charge in [0.2, 0.25) is 0 Å². The zero-order chi connectivity index (χ0) is 21.7. The molecule has 4 rings (SSSR count). The lowest BCUT2D eigenvalue weighted by atomic mass is 10.2. The molecule has 0 bridgehead atoms. The van der Waals surface area contributed by atoms with Crippen LogP contribution in [0.1, 0.15) is 15.7 Å². The molecule has 12 heteroatoms. The number of carbonyl (C=O) groups excluding carboxylic acids is 1. The van der Waals surface area contributed by atoms with Gasteiger partial charge in [-0.2, -0.15) is 18.3 Å². The second-order valence-electron chi connectivity index (χ2n) is 6.15. The molecule has 0 radical (unpaired) electrons. The Hall–Kier alpha value is -3.25. The van der Waals surface area contributed by atoms with Crippen LogP contribution >= 0.6 is 11.3 Å². The molecule has 3 heterocycles. The van der Waals surface area contributed by atoms with Crippen molar-refractivity contribution in [3.05, 3.63) is 53.7 Å². The minimum Gasteiger partial charge on any atom is -0.475 e. The van der Waals surface area contributed by atoms with Crippen molar-refractivity contribution in [2.75, 3.05) is 18.4 Å². The van der Waals surface area contributed by atoms with Crippen LogP contribution in [0.15, 0.2) is 48.8 Å². The summed E-state index contributed by atoms with van der Waals surface area (Å²) in [6.07, 6.45) is -1.58. The summed E-state index contributed by atoms with van der Waals surface area (Å²) in [5.41, 5.74) is 1.01. The molecule has 1 aliphatic rings. The van der Waals surface area contributed by atoms with Gasteiger partial charge in [0.15, 0.2) is 5.82 Å². The van der Waals surface area contributed by atoms with Gasteiger partial charge in [0.05, 0.1) is 12.2 Å². The van der Waals surface area contributed by atoms with Crippen LogP contribution in [-0.4, -0.2) is 51.0 Å². The van der Waals surface area contributed by atoms with Gasteiger partial charge in [0.1, 0.15) is 9.88 Å². The van der Waals surface area contributed by atoms with Crippen LogP contribution in [0.2, 0.25) is 0 Å². The summed E-state index contributed by atoms with van der Waals surface area (Å²) in [6, 6.07) is 12.0. The molecule has 3 N–H and O–H groups in total. The van der Waals surface area contributed by atoms with Crippen LogP contribution in [0.4, 0.5) is 19.0 Å². The van der Waals surface area contributed by atoms with Gasteiger partial charge in [-0.05, 0) is 0 Å². The third-order valence-electron chi connectivity index (χ3n) is 3.98. The molecule has 3 aromatic rings. The number of amides is 1. The van der Waals surface area contributed by atoms with E-state index in [-0.39, 0.29) is 5.91 Å². The average molecular weight is 439 g/mol. The van der Waals surface area contributed by atoms with Crippen molar-refractivity contribution in [2.45, 2.75) is 12.2 Å². The van der Waals surface area contributed by atoms with E-state index in [2.05, 4.69) is 20.7 Å². The van der Waals surface area contributed by atoms with E-state index in [1.807, 2.05) is 47.3 Å². The SMILES string of the molecule is O=C(Nc1ccn(C2CNC2)n1)c1cnc(-c2ccccc2)s1.O=C(O)C(F)(F)F. The Kier molecular flexibility index (Phi) is 6.47. The fraction of sp³-hybridized carbons (Fsp3) is 0.222. The van der Waals surface area contributed by atoms with Gasteiger partial charge in [0.25, 0.3) is 5.91 Å². The highest BCUT2D eigenvalue weighted by atomic mass is 32.1. The number of anilines is 1. The second-order valence-corrected chi connectivity index (χ2v) is 7.18. The lowest BCUT2D eigenvalue weighted by molar-refractivity contribution is -0.192. The van der Waals surface area contributed by atoms with E-state index in [9.17, 15) is 18.0 Å². The van der Waals surface area contributed by atoms with Crippen LogP contribution in [0.3, 0.4) is 0 Å². The van der Waals surface area contributed by atoms with E-state index in [0.29, 0.717) is 16.7 Å². The number of hydrogen-bond acceptors (Lipinski definition) is 6. The molecule has 0 aliphatic carbocycles. The van der Waals surface area contributed by atoms with Crippen molar-refractivity contribution in [3.63, 3.8) is 0 Å². The maximum atomic E-state index is 12.3. The molecule has 1 fully saturated rings. The van der Waals surface area contributed by atoms with Crippen LogP contribution in [0, 0.1) is 0 Å². The number of halogens is 3. The second kappa shape index (κ2) is 9.05. The number of nitrogens with one attached hydrogen (secondary N) is 2. The summed E-state index contributed by atoms with van der Waals surface area (Å²) in [5, 5.41) is 18.4. The van der Waals surface area contributed by atoms with Crippen molar-refractivity contribution in [2.24, 2.45) is 0 Å². The Bertz CT molecular complexity index is 1020. The van der Waals surface area contributed by atoms with Gasteiger partial charge in [-0.15, -0.1) is 11.3 Å². The van der Waals surface area contributed by atoms with E-state index in [1.165, 1.54) is 11.3 Å². The van der Waals surface area contributed by atoms with Crippen molar-refractivity contribution in [1.82, 2.24) is 20.1 Å². The van der Waals surface area contributed by atoms with Crippen LogP contribution in [0.5, 0.6) is 0 Å². The molecule has 0 unspecified atom stereocenters. The van der Waals surface area contributed by atoms with Crippen LogP contribution < -0.4 is 10.6 Å². The molecule has 2 aromatic heterocycles. The topological polar surface area (TPSA) is 109 Å². The monoisotopic (exact) mass is 439 g/mol. The van der Waals surface area contributed by atoms with Gasteiger partial charge in [-0.25, -0.2) is 9.78 Å². The van der Waals surface area contributed by atoms with Crippen molar-refractivity contribution >= 4 is 29.0 Å². The summed E-state index contributed by atoms with van der Waals surface area (Å²) in [6.45, 7) is 1.84. The van der Waals surface area contributed by atoms with Gasteiger partial charge < -0.3 is 15.7 Å². The maximum Gasteiger partial charge on any atom is 0.490 e. The number of aromatic nitrogens is 3. The van der Waals surface area contributed by atoms with Crippen molar-refractivity contribution < 1.29 is 27.9 Å². The number of carbonyl (C=O) groups is 2. The van der Waals surface area contributed by atoms with Gasteiger partial charge in [0, 0.05) is 30.9 Å². The largest absolute Gasteiger partial charge is 0.490 e. The molecule has 0 atom stereocenters. The van der Waals surface area contributed by atoms with Crippen molar-refractivity contribution in [3.8, 4) is 10.6 Å². The molecule has 1 amide bonds. The highest BCUT2D eigenvalue weighted by Crippen LogP contribution is 2.25. The highest BCUT2D eigenvalue weighted by molar-refractivity contribution is 7.17. The third-order valence-corrected chi connectivity index (χ3v) is 5.02. The summed E-state index contributed by atoms with van der Waals surface area (Å²) in [5.74, 6) is -2.37. The molecule has 30 heavy (non-hydrogen) atoms. The Morgan fingerprint density at radius 2 is 1.87 bits per heavy atom.